The Bertz CT molecular complexity index is 1060. The Balaban J connectivity index is 1.52. The molecule has 0 fully saturated rings. The molecule has 0 saturated heterocycles. The lowest BCUT2D eigenvalue weighted by Crippen LogP contribution is -2.09. The zero-order valence-corrected chi connectivity index (χ0v) is 21.4. The van der Waals surface area contributed by atoms with Crippen molar-refractivity contribution in [2.45, 2.75) is 57.3 Å². The number of hydrogen-bond donors (Lipinski definition) is 0. The Morgan fingerprint density at radius 1 is 0.657 bits per heavy atom. The van der Waals surface area contributed by atoms with Crippen LogP contribution in [0, 0.1) is 0 Å². The molecule has 0 aliphatic carbocycles. The molecule has 0 heterocycles. The molecule has 0 spiro atoms. The molecule has 4 nitrogen and oxygen atoms in total. The van der Waals surface area contributed by atoms with Crippen LogP contribution < -0.4 is 4.74 Å². The Morgan fingerprint density at radius 2 is 1.20 bits per heavy atom. The Morgan fingerprint density at radius 3 is 1.83 bits per heavy atom. The summed E-state index contributed by atoms with van der Waals surface area (Å²) in [6.45, 7) is 4.74. The molecule has 5 heteroatoms. The molecule has 0 bridgehead atoms. The van der Waals surface area contributed by atoms with E-state index in [1.165, 1.54) is 24.2 Å². The third-order valence-electron chi connectivity index (χ3n) is 5.61. The molecule has 3 rings (SSSR count). The van der Waals surface area contributed by atoms with Crippen LogP contribution in [-0.2, 0) is 4.74 Å². The lowest BCUT2D eigenvalue weighted by Gasteiger charge is -2.08. The maximum Gasteiger partial charge on any atom is 0.343 e. The van der Waals surface area contributed by atoms with Crippen molar-refractivity contribution in [3.05, 3.63) is 83.9 Å². The van der Waals surface area contributed by atoms with Gasteiger partial charge in [0, 0.05) is 4.90 Å². The molecule has 0 atom stereocenters. The number of unbranched alkanes of at least 4 members (excludes halogenated alkanes) is 4. The van der Waals surface area contributed by atoms with Gasteiger partial charge in [0.25, 0.3) is 0 Å². The maximum atomic E-state index is 12.6. The third-order valence-corrected chi connectivity index (χ3v) is 6.70. The number of hydrogen-bond acceptors (Lipinski definition) is 5. The van der Waals surface area contributed by atoms with Crippen molar-refractivity contribution in [1.29, 1.82) is 0 Å². The van der Waals surface area contributed by atoms with Crippen molar-refractivity contribution >= 4 is 23.7 Å². The predicted molar refractivity (Wildman–Crippen MR) is 143 cm³/mol. The van der Waals surface area contributed by atoms with E-state index in [9.17, 15) is 9.59 Å². The van der Waals surface area contributed by atoms with Gasteiger partial charge in [0.2, 0.25) is 0 Å². The fraction of sp³-hybridized carbons (Fsp3) is 0.333. The quantitative estimate of drug-likeness (QED) is 0.105. The highest BCUT2D eigenvalue weighted by atomic mass is 32.2. The first kappa shape index (κ1) is 26.6. The lowest BCUT2D eigenvalue weighted by molar-refractivity contribution is 0.0498. The predicted octanol–water partition coefficient (Wildman–Crippen LogP) is 8.20. The van der Waals surface area contributed by atoms with Crippen LogP contribution in [0.4, 0.5) is 0 Å². The minimum absolute atomic E-state index is 0.363. The van der Waals surface area contributed by atoms with E-state index in [1.54, 1.807) is 36.4 Å². The topological polar surface area (TPSA) is 52.6 Å². The molecule has 184 valence electrons. The van der Waals surface area contributed by atoms with Crippen LogP contribution in [-0.4, -0.2) is 24.3 Å². The van der Waals surface area contributed by atoms with Crippen LogP contribution in [0.25, 0.3) is 11.1 Å². The number of carbonyl (C=O) groups excluding carboxylic acids is 2. The van der Waals surface area contributed by atoms with Gasteiger partial charge in [-0.15, -0.1) is 11.8 Å². The van der Waals surface area contributed by atoms with Gasteiger partial charge in [-0.25, -0.2) is 9.59 Å². The van der Waals surface area contributed by atoms with Gasteiger partial charge in [0.1, 0.15) is 5.75 Å². The van der Waals surface area contributed by atoms with Crippen LogP contribution in [0.1, 0.15) is 73.1 Å². The molecule has 0 aromatic heterocycles. The van der Waals surface area contributed by atoms with Crippen molar-refractivity contribution in [3.63, 3.8) is 0 Å². The number of thioether (sulfide) groups is 1. The van der Waals surface area contributed by atoms with Crippen LogP contribution in [0.5, 0.6) is 5.75 Å². The van der Waals surface area contributed by atoms with Crippen LogP contribution in [0.15, 0.2) is 77.7 Å². The summed E-state index contributed by atoms with van der Waals surface area (Å²) in [4.78, 5) is 25.9. The number of ether oxygens (including phenoxy) is 2. The van der Waals surface area contributed by atoms with Gasteiger partial charge in [0.15, 0.2) is 0 Å². The van der Waals surface area contributed by atoms with Gasteiger partial charge in [-0.2, -0.15) is 0 Å². The molecule has 35 heavy (non-hydrogen) atoms. The SMILES string of the molecule is CCCCCOC(=O)c1ccc(OC(=O)c2ccc(-c3ccc(SCCCCC)cc3)cc2)cc1. The van der Waals surface area contributed by atoms with E-state index in [-0.39, 0.29) is 5.97 Å². The minimum atomic E-state index is -0.440. The fourth-order valence-electron chi connectivity index (χ4n) is 3.51. The van der Waals surface area contributed by atoms with Gasteiger partial charge in [-0.3, -0.25) is 0 Å². The maximum absolute atomic E-state index is 12.6. The summed E-state index contributed by atoms with van der Waals surface area (Å²) in [5, 5.41) is 0. The van der Waals surface area contributed by atoms with Gasteiger partial charge in [-0.1, -0.05) is 63.8 Å². The molecule has 0 amide bonds. The number of carbonyl (C=O) groups is 2. The van der Waals surface area contributed by atoms with Crippen LogP contribution in [0.2, 0.25) is 0 Å². The average molecular weight is 491 g/mol. The van der Waals surface area contributed by atoms with E-state index in [2.05, 4.69) is 38.1 Å². The summed E-state index contributed by atoms with van der Waals surface area (Å²) < 4.78 is 10.7. The Labute approximate surface area is 213 Å². The molecule has 3 aromatic carbocycles. The number of esters is 2. The normalized spacial score (nSPS) is 10.7. The number of benzene rings is 3. The molecule has 0 unspecified atom stereocenters. The second-order valence-electron chi connectivity index (χ2n) is 8.41. The summed E-state index contributed by atoms with van der Waals surface area (Å²) in [6, 6.07) is 22.4. The van der Waals surface area contributed by atoms with Crippen molar-refractivity contribution < 1.29 is 19.1 Å². The van der Waals surface area contributed by atoms with Crippen LogP contribution >= 0.6 is 11.8 Å². The highest BCUT2D eigenvalue weighted by molar-refractivity contribution is 7.99. The van der Waals surface area contributed by atoms with Crippen LogP contribution in [0.3, 0.4) is 0 Å². The monoisotopic (exact) mass is 490 g/mol. The zero-order chi connectivity index (χ0) is 24.9. The van der Waals surface area contributed by atoms with Crippen molar-refractivity contribution in [2.24, 2.45) is 0 Å². The number of rotatable bonds is 13. The van der Waals surface area contributed by atoms with Gasteiger partial charge in [-0.05, 0) is 78.3 Å². The fourth-order valence-corrected chi connectivity index (χ4v) is 4.42. The Kier molecular flexibility index (Phi) is 10.9. The highest BCUT2D eigenvalue weighted by Gasteiger charge is 2.11. The highest BCUT2D eigenvalue weighted by Crippen LogP contribution is 2.25. The van der Waals surface area contributed by atoms with E-state index in [0.29, 0.717) is 23.5 Å². The van der Waals surface area contributed by atoms with Crippen molar-refractivity contribution in [3.8, 4) is 16.9 Å². The molecular formula is C30H34O4S. The molecule has 3 aromatic rings. The van der Waals surface area contributed by atoms with E-state index >= 15 is 0 Å². The smallest absolute Gasteiger partial charge is 0.343 e. The van der Waals surface area contributed by atoms with Crippen molar-refractivity contribution in [2.75, 3.05) is 12.4 Å². The first-order chi connectivity index (χ1) is 17.1. The Hall–Kier alpha value is -3.05. The summed E-state index contributed by atoms with van der Waals surface area (Å²) in [6.07, 6.45) is 6.74. The first-order valence-electron chi connectivity index (χ1n) is 12.4. The van der Waals surface area contributed by atoms with Crippen molar-refractivity contribution in [1.82, 2.24) is 0 Å². The summed E-state index contributed by atoms with van der Waals surface area (Å²) in [5.41, 5.74) is 3.07. The van der Waals surface area contributed by atoms with Gasteiger partial charge < -0.3 is 9.47 Å². The lowest BCUT2D eigenvalue weighted by atomic mass is 10.0. The summed E-state index contributed by atoms with van der Waals surface area (Å²) in [7, 11) is 0. The molecule has 0 aliphatic heterocycles. The molecule has 0 aliphatic rings. The molecule has 0 N–H and O–H groups in total. The first-order valence-corrected chi connectivity index (χ1v) is 13.4. The summed E-state index contributed by atoms with van der Waals surface area (Å²) in [5.74, 6) is 0.729. The van der Waals surface area contributed by atoms with E-state index in [0.717, 1.165) is 36.1 Å². The van der Waals surface area contributed by atoms with E-state index < -0.39 is 5.97 Å². The van der Waals surface area contributed by atoms with Gasteiger partial charge >= 0.3 is 11.9 Å². The van der Waals surface area contributed by atoms with E-state index in [4.69, 9.17) is 9.47 Å². The zero-order valence-electron chi connectivity index (χ0n) is 20.6. The minimum Gasteiger partial charge on any atom is -0.462 e. The van der Waals surface area contributed by atoms with Gasteiger partial charge in [0.05, 0.1) is 17.7 Å². The second kappa shape index (κ2) is 14.4. The standard InChI is InChI=1S/C30H34O4S/c1-3-5-7-21-33-29(31)25-13-17-27(18-14-25)34-30(32)26-11-9-23(10-12-26)24-15-19-28(20-16-24)35-22-8-6-4-2/h9-20H,3-8,21-22H2,1-2H3. The molecular weight excluding hydrogens is 456 g/mol. The molecule has 0 saturated carbocycles. The summed E-state index contributed by atoms with van der Waals surface area (Å²) >= 11 is 1.89. The second-order valence-corrected chi connectivity index (χ2v) is 9.58. The average Bonchev–Trinajstić information content (AvgIpc) is 2.90. The largest absolute Gasteiger partial charge is 0.462 e. The third kappa shape index (κ3) is 8.59. The van der Waals surface area contributed by atoms with E-state index in [1.807, 2.05) is 23.9 Å². The molecule has 0 radical (unpaired) electrons.